The number of amides is 1. The Morgan fingerprint density at radius 1 is 0.500 bits per heavy atom. The van der Waals surface area contributed by atoms with Crippen LogP contribution in [0.5, 0.6) is 0 Å². The second-order valence-electron chi connectivity index (χ2n) is 14.3. The van der Waals surface area contributed by atoms with Gasteiger partial charge in [-0.15, -0.1) is 0 Å². The summed E-state index contributed by atoms with van der Waals surface area (Å²) in [5.41, 5.74) is 5.50. The Hall–Kier alpha value is -4.75. The number of carboxylic acid groups (broad SMARTS) is 1. The summed E-state index contributed by atoms with van der Waals surface area (Å²) < 4.78 is 5.85. The molecule has 1 amide bonds. The summed E-state index contributed by atoms with van der Waals surface area (Å²) in [7, 11) is 0. The zero-order chi connectivity index (χ0) is 43.8. The number of hydrogen-bond donors (Lipinski definition) is 3. The summed E-state index contributed by atoms with van der Waals surface area (Å²) >= 11 is 0. The minimum Gasteiger partial charge on any atom is -0.480 e. The van der Waals surface area contributed by atoms with Crippen molar-refractivity contribution in [3.05, 3.63) is 146 Å². The van der Waals surface area contributed by atoms with E-state index in [9.17, 15) is 19.5 Å². The molecule has 4 N–H and O–H groups in total. The molecule has 7 nitrogen and oxygen atoms in total. The zero-order valence-electron chi connectivity index (χ0n) is 37.2. The van der Waals surface area contributed by atoms with E-state index < -0.39 is 12.0 Å². The van der Waals surface area contributed by atoms with Crippen LogP contribution in [0.3, 0.4) is 0 Å². The first kappa shape index (κ1) is 55.2. The minimum absolute atomic E-state index is 0.212. The van der Waals surface area contributed by atoms with Crippen LogP contribution in [-0.4, -0.2) is 41.6 Å². The lowest BCUT2D eigenvalue weighted by atomic mass is 10.1. The molecule has 2 unspecified atom stereocenters. The number of esters is 1. The third-order valence-corrected chi connectivity index (χ3v) is 8.88. The van der Waals surface area contributed by atoms with Gasteiger partial charge in [0.25, 0.3) is 0 Å². The van der Waals surface area contributed by atoms with Gasteiger partial charge in [-0.1, -0.05) is 154 Å². The maximum atomic E-state index is 12.8. The molecule has 0 aliphatic rings. The van der Waals surface area contributed by atoms with Crippen molar-refractivity contribution in [1.29, 1.82) is 0 Å². The Balaban J connectivity index is 4.60. The van der Waals surface area contributed by atoms with Crippen molar-refractivity contribution in [2.45, 2.75) is 161 Å². The minimum atomic E-state index is -1.05. The molecule has 0 bridgehead atoms. The van der Waals surface area contributed by atoms with Crippen LogP contribution in [0.4, 0.5) is 0 Å². The number of carbonyl (C=O) groups excluding carboxylic acids is 2. The first-order valence-electron chi connectivity index (χ1n) is 22.7. The zero-order valence-corrected chi connectivity index (χ0v) is 37.2. The predicted molar refractivity (Wildman–Crippen MR) is 256 cm³/mol. The molecule has 0 rings (SSSR count). The molecule has 0 heterocycles. The van der Waals surface area contributed by atoms with Crippen LogP contribution in [0, 0.1) is 0 Å². The van der Waals surface area contributed by atoms with Crippen molar-refractivity contribution < 1.29 is 24.2 Å². The quantitative estimate of drug-likeness (QED) is 0.0324. The molecular weight excluding hydrogens is 745 g/mol. The van der Waals surface area contributed by atoms with E-state index in [1.54, 1.807) is 0 Å². The van der Waals surface area contributed by atoms with Gasteiger partial charge < -0.3 is 20.9 Å². The number of nitrogens with two attached hydrogens (primary N) is 1. The maximum Gasteiger partial charge on any atom is 0.326 e. The monoisotopic (exact) mass is 825 g/mol. The highest BCUT2D eigenvalue weighted by atomic mass is 16.5. The average molecular weight is 825 g/mol. The third-order valence-electron chi connectivity index (χ3n) is 8.88. The normalized spacial score (nSPS) is 14.1. The number of allylic oxidation sites excluding steroid dienone is 23. The SMILES string of the molecule is CC/C=C\C/C=C\C/C=C\C/C=C\C/C=C\C/C=C\C/C=C\CCCC(=O)OC(/C=C\C/C=C\C/C=C\C/C=C\C/C=C\CC)CCCCC(=O)NC(CCCN)C(=O)O. The molecule has 0 saturated carbocycles. The van der Waals surface area contributed by atoms with Crippen LogP contribution >= 0.6 is 0 Å². The average Bonchev–Trinajstić information content (AvgIpc) is 3.23. The van der Waals surface area contributed by atoms with Crippen LogP contribution in [0.15, 0.2) is 146 Å². The molecule has 0 radical (unpaired) electrons. The van der Waals surface area contributed by atoms with Gasteiger partial charge in [0, 0.05) is 12.8 Å². The van der Waals surface area contributed by atoms with Gasteiger partial charge in [-0.25, -0.2) is 4.79 Å². The lowest BCUT2D eigenvalue weighted by Gasteiger charge is -2.16. The number of carbonyl (C=O) groups is 3. The van der Waals surface area contributed by atoms with E-state index >= 15 is 0 Å². The van der Waals surface area contributed by atoms with Crippen LogP contribution < -0.4 is 11.1 Å². The highest BCUT2D eigenvalue weighted by Crippen LogP contribution is 2.12. The fraction of sp³-hybridized carbons (Fsp3) is 0.491. The van der Waals surface area contributed by atoms with Gasteiger partial charge in [0.2, 0.25) is 5.91 Å². The number of hydrogen-bond acceptors (Lipinski definition) is 5. The van der Waals surface area contributed by atoms with Gasteiger partial charge in [0.05, 0.1) is 0 Å². The van der Waals surface area contributed by atoms with Crippen LogP contribution in [0.25, 0.3) is 0 Å². The van der Waals surface area contributed by atoms with E-state index in [-0.39, 0.29) is 24.4 Å². The predicted octanol–water partition coefficient (Wildman–Crippen LogP) is 13.3. The molecule has 0 aliphatic heterocycles. The maximum absolute atomic E-state index is 12.8. The van der Waals surface area contributed by atoms with Gasteiger partial charge in [0.15, 0.2) is 0 Å². The number of carboxylic acids is 1. The topological polar surface area (TPSA) is 119 Å². The van der Waals surface area contributed by atoms with Gasteiger partial charge in [0.1, 0.15) is 12.1 Å². The fourth-order valence-electron chi connectivity index (χ4n) is 5.56. The van der Waals surface area contributed by atoms with Crippen molar-refractivity contribution in [2.75, 3.05) is 6.54 Å². The van der Waals surface area contributed by atoms with Crippen LogP contribution in [0.1, 0.15) is 149 Å². The third kappa shape index (κ3) is 41.4. The van der Waals surface area contributed by atoms with E-state index in [0.717, 1.165) is 83.5 Å². The highest BCUT2D eigenvalue weighted by molar-refractivity contribution is 5.83. The molecular formula is C53H80N2O5. The Bertz CT molecular complexity index is 1440. The molecule has 7 heteroatoms. The lowest BCUT2D eigenvalue weighted by Crippen LogP contribution is -2.40. The number of unbranched alkanes of at least 4 members (excludes halogenated alkanes) is 2. The molecule has 0 aliphatic carbocycles. The molecule has 0 fully saturated rings. The first-order valence-corrected chi connectivity index (χ1v) is 22.7. The largest absolute Gasteiger partial charge is 0.480 e. The van der Waals surface area contributed by atoms with Gasteiger partial charge in [-0.05, 0) is 135 Å². The smallest absolute Gasteiger partial charge is 0.326 e. The number of rotatable bonds is 38. The highest BCUT2D eigenvalue weighted by Gasteiger charge is 2.19. The van der Waals surface area contributed by atoms with Crippen molar-refractivity contribution in [3.63, 3.8) is 0 Å². The van der Waals surface area contributed by atoms with Gasteiger partial charge >= 0.3 is 11.9 Å². The van der Waals surface area contributed by atoms with E-state index in [1.165, 1.54) is 0 Å². The van der Waals surface area contributed by atoms with Crippen LogP contribution in [0.2, 0.25) is 0 Å². The van der Waals surface area contributed by atoms with E-state index in [1.807, 2.05) is 12.2 Å². The summed E-state index contributed by atoms with van der Waals surface area (Å²) in [6.07, 6.45) is 67.6. The van der Waals surface area contributed by atoms with E-state index in [0.29, 0.717) is 51.5 Å². The van der Waals surface area contributed by atoms with Crippen LogP contribution in [-0.2, 0) is 19.1 Å². The van der Waals surface area contributed by atoms with Crippen molar-refractivity contribution in [1.82, 2.24) is 5.32 Å². The molecule has 332 valence electrons. The summed E-state index contributed by atoms with van der Waals surface area (Å²) in [5.74, 6) is -1.58. The van der Waals surface area contributed by atoms with Crippen molar-refractivity contribution >= 4 is 17.8 Å². The van der Waals surface area contributed by atoms with Crippen molar-refractivity contribution in [3.8, 4) is 0 Å². The summed E-state index contributed by atoms with van der Waals surface area (Å²) in [4.78, 5) is 36.6. The van der Waals surface area contributed by atoms with E-state index in [2.05, 4.69) is 153 Å². The van der Waals surface area contributed by atoms with Crippen molar-refractivity contribution in [2.24, 2.45) is 5.73 Å². The second-order valence-corrected chi connectivity index (χ2v) is 14.3. The summed E-state index contributed by atoms with van der Waals surface area (Å²) in [6, 6.07) is -0.928. The fourth-order valence-corrected chi connectivity index (χ4v) is 5.56. The Kier molecular flexibility index (Phi) is 41.7. The molecule has 0 aromatic carbocycles. The molecule has 0 aromatic heterocycles. The summed E-state index contributed by atoms with van der Waals surface area (Å²) in [5, 5.41) is 12.0. The number of nitrogens with one attached hydrogen (secondary N) is 1. The first-order chi connectivity index (χ1) is 29.4. The lowest BCUT2D eigenvalue weighted by molar-refractivity contribution is -0.147. The number of aliphatic carboxylic acids is 1. The number of ether oxygens (including phenoxy) is 1. The van der Waals surface area contributed by atoms with E-state index in [4.69, 9.17) is 10.5 Å². The molecule has 0 aromatic rings. The molecule has 60 heavy (non-hydrogen) atoms. The second kappa shape index (κ2) is 45.3. The summed E-state index contributed by atoms with van der Waals surface area (Å²) in [6.45, 7) is 4.66. The molecule has 0 spiro atoms. The Labute approximate surface area is 365 Å². The standard InChI is InChI=1S/C53H80N2O5/c1-3-5-7-9-11-13-15-17-19-20-21-22-23-24-25-26-27-29-31-33-35-37-39-47-52(57)60-49(44-40-41-46-51(56)55-50(53(58)59)45-42-48-54)43-38-36-34-32-30-28-18-16-14-12-10-8-6-4-2/h5-8,11-14,17-19,21-22,24-25,27-29,32-35,38,43,49-50H,3-4,9-10,15-16,20,23,26,30-31,36-37,39-42,44-48,54H2,1-2H3,(H,55,56)(H,58,59)/b7-5-,8-6-,13-11-,14-12-,19-17-,22-21-,25-24-,28-18-,29-27-,34-32-,35-33-,43-38-. The molecule has 2 atom stereocenters. The molecule has 0 saturated heterocycles. The Morgan fingerprint density at radius 2 is 0.900 bits per heavy atom. The van der Waals surface area contributed by atoms with Gasteiger partial charge in [-0.3, -0.25) is 9.59 Å². The van der Waals surface area contributed by atoms with Gasteiger partial charge in [-0.2, -0.15) is 0 Å². The Morgan fingerprint density at radius 3 is 1.30 bits per heavy atom.